The minimum Gasteiger partial charge on any atom is -0.361 e. The molecule has 1 atom stereocenters. The van der Waals surface area contributed by atoms with E-state index in [4.69, 9.17) is 10.3 Å². The molecule has 0 fully saturated rings. The second kappa shape index (κ2) is 3.63. The van der Waals surface area contributed by atoms with Gasteiger partial charge in [-0.1, -0.05) is 25.9 Å². The van der Waals surface area contributed by atoms with E-state index in [1.165, 1.54) is 5.56 Å². The normalized spacial score (nSPS) is 23.9. The van der Waals surface area contributed by atoms with Crippen molar-refractivity contribution in [1.82, 2.24) is 5.16 Å². The SMILES string of the molecule is CCc1noc2c1C(CN)CC(C)(C)C2. The molecule has 3 nitrogen and oxygen atoms in total. The van der Waals surface area contributed by atoms with Crippen LogP contribution in [0.15, 0.2) is 4.52 Å². The highest BCUT2D eigenvalue weighted by Crippen LogP contribution is 2.42. The molecule has 0 aromatic carbocycles. The van der Waals surface area contributed by atoms with Crippen molar-refractivity contribution < 1.29 is 4.52 Å². The summed E-state index contributed by atoms with van der Waals surface area (Å²) < 4.78 is 5.44. The van der Waals surface area contributed by atoms with Crippen molar-refractivity contribution in [2.75, 3.05) is 6.54 Å². The molecule has 1 aromatic rings. The molecule has 2 N–H and O–H groups in total. The van der Waals surface area contributed by atoms with Crippen LogP contribution in [0.2, 0.25) is 0 Å². The number of aryl methyl sites for hydroxylation is 1. The maximum atomic E-state index is 5.85. The summed E-state index contributed by atoms with van der Waals surface area (Å²) in [4.78, 5) is 0. The smallest absolute Gasteiger partial charge is 0.141 e. The standard InChI is InChI=1S/C12H20N2O/c1-4-9-11-8(7-13)5-12(2,3)6-10(11)15-14-9/h8H,4-7,13H2,1-3H3. The quantitative estimate of drug-likeness (QED) is 0.811. The number of fused-ring (bicyclic) bond motifs is 1. The summed E-state index contributed by atoms with van der Waals surface area (Å²) in [6.07, 6.45) is 3.08. The van der Waals surface area contributed by atoms with E-state index in [1.54, 1.807) is 0 Å². The van der Waals surface area contributed by atoms with Crippen molar-refractivity contribution in [3.63, 3.8) is 0 Å². The molecule has 1 heterocycles. The monoisotopic (exact) mass is 208 g/mol. The van der Waals surface area contributed by atoms with Crippen LogP contribution in [0.4, 0.5) is 0 Å². The first-order valence-corrected chi connectivity index (χ1v) is 5.75. The Balaban J connectivity index is 2.42. The molecular formula is C12H20N2O. The van der Waals surface area contributed by atoms with Crippen molar-refractivity contribution in [2.45, 2.75) is 46.0 Å². The van der Waals surface area contributed by atoms with Gasteiger partial charge in [0.2, 0.25) is 0 Å². The van der Waals surface area contributed by atoms with E-state index in [9.17, 15) is 0 Å². The van der Waals surface area contributed by atoms with Gasteiger partial charge in [0.05, 0.1) is 5.69 Å². The number of nitrogens with two attached hydrogens (primary N) is 1. The largest absolute Gasteiger partial charge is 0.361 e. The molecule has 2 rings (SSSR count). The Labute approximate surface area is 91.0 Å². The van der Waals surface area contributed by atoms with E-state index in [0.717, 1.165) is 30.7 Å². The van der Waals surface area contributed by atoms with Crippen LogP contribution in [0.25, 0.3) is 0 Å². The number of nitrogens with zero attached hydrogens (tertiary/aromatic N) is 1. The van der Waals surface area contributed by atoms with Crippen LogP contribution < -0.4 is 5.73 Å². The van der Waals surface area contributed by atoms with Gasteiger partial charge >= 0.3 is 0 Å². The van der Waals surface area contributed by atoms with Crippen LogP contribution >= 0.6 is 0 Å². The van der Waals surface area contributed by atoms with Crippen LogP contribution in [0.3, 0.4) is 0 Å². The summed E-state index contributed by atoms with van der Waals surface area (Å²) in [6, 6.07) is 0. The number of hydrogen-bond acceptors (Lipinski definition) is 3. The molecule has 0 aliphatic heterocycles. The van der Waals surface area contributed by atoms with E-state index >= 15 is 0 Å². The Kier molecular flexibility index (Phi) is 2.59. The average molecular weight is 208 g/mol. The van der Waals surface area contributed by atoms with Gasteiger partial charge in [0.15, 0.2) is 0 Å². The third-order valence-corrected chi connectivity index (χ3v) is 3.34. The molecule has 0 saturated carbocycles. The van der Waals surface area contributed by atoms with Gasteiger partial charge < -0.3 is 10.3 Å². The highest BCUT2D eigenvalue weighted by atomic mass is 16.5. The molecule has 15 heavy (non-hydrogen) atoms. The fourth-order valence-corrected chi connectivity index (χ4v) is 2.69. The summed E-state index contributed by atoms with van der Waals surface area (Å²) in [5.41, 5.74) is 8.56. The van der Waals surface area contributed by atoms with Crippen LogP contribution in [0.1, 0.15) is 50.1 Å². The Morgan fingerprint density at radius 1 is 1.53 bits per heavy atom. The van der Waals surface area contributed by atoms with E-state index in [0.29, 0.717) is 17.9 Å². The number of aromatic nitrogens is 1. The third-order valence-electron chi connectivity index (χ3n) is 3.34. The molecule has 0 radical (unpaired) electrons. The van der Waals surface area contributed by atoms with Gasteiger partial charge in [-0.05, 0) is 24.8 Å². The first-order valence-electron chi connectivity index (χ1n) is 5.75. The minimum atomic E-state index is 0.293. The summed E-state index contributed by atoms with van der Waals surface area (Å²) in [6.45, 7) is 7.36. The van der Waals surface area contributed by atoms with E-state index in [-0.39, 0.29) is 0 Å². The molecular weight excluding hydrogens is 188 g/mol. The predicted molar refractivity (Wildman–Crippen MR) is 59.8 cm³/mol. The van der Waals surface area contributed by atoms with Crippen molar-refractivity contribution in [3.8, 4) is 0 Å². The Morgan fingerprint density at radius 3 is 2.87 bits per heavy atom. The van der Waals surface area contributed by atoms with Gasteiger partial charge in [-0.2, -0.15) is 0 Å². The lowest BCUT2D eigenvalue weighted by Crippen LogP contribution is -2.29. The zero-order valence-electron chi connectivity index (χ0n) is 9.84. The zero-order valence-corrected chi connectivity index (χ0v) is 9.84. The molecule has 1 unspecified atom stereocenters. The second-order valence-electron chi connectivity index (χ2n) is 5.30. The molecule has 3 heteroatoms. The van der Waals surface area contributed by atoms with Crippen molar-refractivity contribution in [3.05, 3.63) is 17.0 Å². The summed E-state index contributed by atoms with van der Waals surface area (Å²) >= 11 is 0. The van der Waals surface area contributed by atoms with Crippen LogP contribution in [0, 0.1) is 5.41 Å². The lowest BCUT2D eigenvalue weighted by Gasteiger charge is -2.33. The fraction of sp³-hybridized carbons (Fsp3) is 0.750. The maximum Gasteiger partial charge on any atom is 0.141 e. The van der Waals surface area contributed by atoms with Gasteiger partial charge in [0.1, 0.15) is 5.76 Å². The molecule has 1 aliphatic carbocycles. The maximum absolute atomic E-state index is 5.85. The van der Waals surface area contributed by atoms with E-state index in [2.05, 4.69) is 25.9 Å². The van der Waals surface area contributed by atoms with Gasteiger partial charge in [0.25, 0.3) is 0 Å². The van der Waals surface area contributed by atoms with Gasteiger partial charge in [-0.3, -0.25) is 0 Å². The molecule has 0 saturated heterocycles. The summed E-state index contributed by atoms with van der Waals surface area (Å²) in [5.74, 6) is 1.50. The highest BCUT2D eigenvalue weighted by Gasteiger charge is 2.36. The van der Waals surface area contributed by atoms with Gasteiger partial charge in [0, 0.05) is 17.9 Å². The van der Waals surface area contributed by atoms with Gasteiger partial charge in [-0.25, -0.2) is 0 Å². The van der Waals surface area contributed by atoms with Crippen molar-refractivity contribution >= 4 is 0 Å². The molecule has 0 amide bonds. The van der Waals surface area contributed by atoms with Crippen LogP contribution in [-0.2, 0) is 12.8 Å². The first kappa shape index (κ1) is 10.7. The lowest BCUT2D eigenvalue weighted by atomic mass is 9.71. The first-order chi connectivity index (χ1) is 7.07. The lowest BCUT2D eigenvalue weighted by molar-refractivity contribution is 0.242. The zero-order chi connectivity index (χ0) is 11.1. The average Bonchev–Trinajstić information content (AvgIpc) is 2.57. The summed E-state index contributed by atoms with van der Waals surface area (Å²) in [7, 11) is 0. The number of hydrogen-bond donors (Lipinski definition) is 1. The third kappa shape index (κ3) is 1.81. The fourth-order valence-electron chi connectivity index (χ4n) is 2.69. The summed E-state index contributed by atoms with van der Waals surface area (Å²) in [5, 5.41) is 4.15. The molecule has 84 valence electrons. The molecule has 0 bridgehead atoms. The van der Waals surface area contributed by atoms with E-state index in [1.807, 2.05) is 0 Å². The number of rotatable bonds is 2. The van der Waals surface area contributed by atoms with Crippen molar-refractivity contribution in [2.24, 2.45) is 11.1 Å². The van der Waals surface area contributed by atoms with Crippen LogP contribution in [-0.4, -0.2) is 11.7 Å². The molecule has 1 aliphatic rings. The predicted octanol–water partition coefficient (Wildman–Crippen LogP) is 2.25. The van der Waals surface area contributed by atoms with E-state index < -0.39 is 0 Å². The minimum absolute atomic E-state index is 0.293. The second-order valence-corrected chi connectivity index (χ2v) is 5.30. The van der Waals surface area contributed by atoms with Gasteiger partial charge in [-0.15, -0.1) is 0 Å². The Morgan fingerprint density at radius 2 is 2.27 bits per heavy atom. The van der Waals surface area contributed by atoms with Crippen molar-refractivity contribution in [1.29, 1.82) is 0 Å². The highest BCUT2D eigenvalue weighted by molar-refractivity contribution is 5.31. The molecule has 0 spiro atoms. The molecule has 1 aromatic heterocycles. The topological polar surface area (TPSA) is 52.0 Å². The Hall–Kier alpha value is -0.830. The van der Waals surface area contributed by atoms with Crippen LogP contribution in [0.5, 0.6) is 0 Å². The Bertz CT molecular complexity index is 355.